The van der Waals surface area contributed by atoms with Gasteiger partial charge >= 0.3 is 0 Å². The van der Waals surface area contributed by atoms with E-state index in [1.54, 1.807) is 19.1 Å². The first-order valence-electron chi connectivity index (χ1n) is 12.8. The molecule has 0 bridgehead atoms. The Labute approximate surface area is 214 Å². The molecule has 1 unspecified atom stereocenters. The number of likely N-dealkylation sites (tertiary alicyclic amines) is 1. The fraction of sp³-hybridized carbons (Fsp3) is 0.500. The number of methoxy groups -OCH3 is 2. The number of benzene rings is 2. The fourth-order valence-corrected chi connectivity index (χ4v) is 5.01. The van der Waals surface area contributed by atoms with Crippen LogP contribution in [0.4, 0.5) is 11.4 Å². The number of carbonyl (C=O) groups excluding carboxylic acids is 2. The number of carbonyl (C=O) groups is 2. The van der Waals surface area contributed by atoms with E-state index in [0.29, 0.717) is 31.0 Å². The molecule has 4 rings (SSSR count). The van der Waals surface area contributed by atoms with Gasteiger partial charge in [-0.15, -0.1) is 0 Å². The molecule has 2 aromatic carbocycles. The Hall–Kier alpha value is -3.26. The second-order valence-corrected chi connectivity index (χ2v) is 9.59. The Morgan fingerprint density at radius 1 is 1.03 bits per heavy atom. The summed E-state index contributed by atoms with van der Waals surface area (Å²) in [7, 11) is 3.22. The van der Waals surface area contributed by atoms with Gasteiger partial charge in [-0.05, 0) is 61.3 Å². The summed E-state index contributed by atoms with van der Waals surface area (Å²) >= 11 is 0. The van der Waals surface area contributed by atoms with Crippen LogP contribution < -0.4 is 19.7 Å². The van der Waals surface area contributed by atoms with E-state index in [2.05, 4.69) is 34.2 Å². The smallest absolute Gasteiger partial charge is 0.229 e. The second-order valence-electron chi connectivity index (χ2n) is 9.59. The van der Waals surface area contributed by atoms with Gasteiger partial charge in [0.1, 0.15) is 0 Å². The number of hydrogen-bond donors (Lipinski definition) is 1. The molecule has 1 N–H and O–H groups in total. The standard InChI is InChI=1S/C28H38N4O4/c1-5-30-12-14-31(15-13-30)23-7-8-24(20(2)16-23)29-28(34)22-18-27(33)32(19-22)11-10-21-6-9-25(35-3)26(17-21)36-4/h6-9,16-17,22H,5,10-15,18-19H2,1-4H3,(H,29,34). The lowest BCUT2D eigenvalue weighted by Gasteiger charge is -2.35. The molecule has 36 heavy (non-hydrogen) atoms. The van der Waals surface area contributed by atoms with Gasteiger partial charge in [0.2, 0.25) is 11.8 Å². The maximum absolute atomic E-state index is 13.0. The average molecular weight is 495 g/mol. The summed E-state index contributed by atoms with van der Waals surface area (Å²) < 4.78 is 10.7. The Bertz CT molecular complexity index is 1080. The Balaban J connectivity index is 1.31. The predicted molar refractivity (Wildman–Crippen MR) is 142 cm³/mol. The highest BCUT2D eigenvalue weighted by atomic mass is 16.5. The highest BCUT2D eigenvalue weighted by Gasteiger charge is 2.34. The molecule has 8 nitrogen and oxygen atoms in total. The van der Waals surface area contributed by atoms with Crippen molar-refractivity contribution in [1.29, 1.82) is 0 Å². The largest absolute Gasteiger partial charge is 0.493 e. The van der Waals surface area contributed by atoms with Crippen molar-refractivity contribution in [1.82, 2.24) is 9.80 Å². The Kier molecular flexibility index (Phi) is 8.36. The summed E-state index contributed by atoms with van der Waals surface area (Å²) in [5.74, 6) is 0.935. The summed E-state index contributed by atoms with van der Waals surface area (Å²) in [5, 5.41) is 3.07. The van der Waals surface area contributed by atoms with Gasteiger partial charge in [0.15, 0.2) is 11.5 Å². The van der Waals surface area contributed by atoms with Gasteiger partial charge in [0.05, 0.1) is 20.1 Å². The Morgan fingerprint density at radius 2 is 1.78 bits per heavy atom. The van der Waals surface area contributed by atoms with E-state index in [1.165, 1.54) is 5.69 Å². The van der Waals surface area contributed by atoms with Crippen molar-refractivity contribution in [2.24, 2.45) is 5.92 Å². The van der Waals surface area contributed by atoms with Crippen molar-refractivity contribution < 1.29 is 19.1 Å². The lowest BCUT2D eigenvalue weighted by Crippen LogP contribution is -2.46. The zero-order chi connectivity index (χ0) is 25.7. The number of nitrogens with zero attached hydrogens (tertiary/aromatic N) is 3. The molecule has 2 saturated heterocycles. The van der Waals surface area contributed by atoms with Crippen LogP contribution in [-0.4, -0.2) is 81.6 Å². The molecule has 2 amide bonds. The minimum atomic E-state index is -0.343. The molecule has 0 radical (unpaired) electrons. The van der Waals surface area contributed by atoms with E-state index in [4.69, 9.17) is 9.47 Å². The minimum Gasteiger partial charge on any atom is -0.493 e. The van der Waals surface area contributed by atoms with Crippen LogP contribution in [0.5, 0.6) is 11.5 Å². The zero-order valence-electron chi connectivity index (χ0n) is 21.9. The molecule has 2 heterocycles. The van der Waals surface area contributed by atoms with Crippen LogP contribution in [0, 0.1) is 12.8 Å². The van der Waals surface area contributed by atoms with Crippen molar-refractivity contribution in [2.45, 2.75) is 26.7 Å². The SMILES string of the molecule is CCN1CCN(c2ccc(NC(=O)C3CC(=O)N(CCc4ccc(OC)c(OC)c4)C3)c(C)c2)CC1. The third-order valence-corrected chi connectivity index (χ3v) is 7.36. The molecular formula is C28H38N4O4. The number of nitrogens with one attached hydrogen (secondary N) is 1. The molecule has 1 atom stereocenters. The zero-order valence-corrected chi connectivity index (χ0v) is 21.9. The van der Waals surface area contributed by atoms with Gasteiger partial charge in [-0.3, -0.25) is 9.59 Å². The quantitative estimate of drug-likeness (QED) is 0.577. The van der Waals surface area contributed by atoms with E-state index in [1.807, 2.05) is 31.2 Å². The van der Waals surface area contributed by atoms with Crippen molar-refractivity contribution in [3.05, 3.63) is 47.5 Å². The first-order valence-corrected chi connectivity index (χ1v) is 12.8. The Morgan fingerprint density at radius 3 is 2.44 bits per heavy atom. The predicted octanol–water partition coefficient (Wildman–Crippen LogP) is 3.18. The topological polar surface area (TPSA) is 74.4 Å². The molecule has 2 aliphatic rings. The van der Waals surface area contributed by atoms with Gasteiger partial charge in [-0.25, -0.2) is 0 Å². The normalized spacial score (nSPS) is 18.4. The number of ether oxygens (including phenoxy) is 2. The molecule has 2 aliphatic heterocycles. The van der Waals surface area contributed by atoms with Crippen molar-refractivity contribution >= 4 is 23.2 Å². The first-order chi connectivity index (χ1) is 17.4. The molecule has 2 fully saturated rings. The molecule has 8 heteroatoms. The number of piperazine rings is 1. The summed E-state index contributed by atoms with van der Waals surface area (Å²) in [6.45, 7) is 10.5. The first kappa shape index (κ1) is 25.8. The second kappa shape index (κ2) is 11.6. The van der Waals surface area contributed by atoms with Crippen LogP contribution in [0.2, 0.25) is 0 Å². The molecule has 0 saturated carbocycles. The molecular weight excluding hydrogens is 456 g/mol. The fourth-order valence-electron chi connectivity index (χ4n) is 5.01. The van der Waals surface area contributed by atoms with Crippen LogP contribution in [0.15, 0.2) is 36.4 Å². The van der Waals surface area contributed by atoms with Crippen molar-refractivity contribution in [3.8, 4) is 11.5 Å². The number of aryl methyl sites for hydroxylation is 1. The lowest BCUT2D eigenvalue weighted by atomic mass is 10.1. The maximum Gasteiger partial charge on any atom is 0.229 e. The van der Waals surface area contributed by atoms with Crippen LogP contribution in [-0.2, 0) is 16.0 Å². The third-order valence-electron chi connectivity index (χ3n) is 7.36. The van der Waals surface area contributed by atoms with E-state index < -0.39 is 0 Å². The van der Waals surface area contributed by atoms with Crippen LogP contribution in [0.25, 0.3) is 0 Å². The number of likely N-dealkylation sites (N-methyl/N-ethyl adjacent to an activating group) is 1. The monoisotopic (exact) mass is 494 g/mol. The number of rotatable bonds is 9. The maximum atomic E-state index is 13.0. The number of anilines is 2. The van der Waals surface area contributed by atoms with Gasteiger partial charge in [-0.2, -0.15) is 0 Å². The number of hydrogen-bond acceptors (Lipinski definition) is 6. The molecule has 0 aliphatic carbocycles. The molecule has 194 valence electrons. The van der Waals surface area contributed by atoms with E-state index in [9.17, 15) is 9.59 Å². The number of amides is 2. The summed E-state index contributed by atoms with van der Waals surface area (Å²) in [6.07, 6.45) is 0.935. The molecule has 0 aromatic heterocycles. The van der Waals surface area contributed by atoms with Gasteiger partial charge in [0.25, 0.3) is 0 Å². The highest BCUT2D eigenvalue weighted by Crippen LogP contribution is 2.29. The van der Waals surface area contributed by atoms with Crippen molar-refractivity contribution in [2.75, 3.05) is 70.2 Å². The highest BCUT2D eigenvalue weighted by molar-refractivity contribution is 5.97. The van der Waals surface area contributed by atoms with Gasteiger partial charge in [0, 0.05) is 57.1 Å². The molecule has 0 spiro atoms. The third kappa shape index (κ3) is 5.93. The van der Waals surface area contributed by atoms with Crippen LogP contribution in [0.1, 0.15) is 24.5 Å². The van der Waals surface area contributed by atoms with Gasteiger partial charge in [-0.1, -0.05) is 13.0 Å². The van der Waals surface area contributed by atoms with Crippen LogP contribution >= 0.6 is 0 Å². The summed E-state index contributed by atoms with van der Waals surface area (Å²) in [5.41, 5.74) is 4.10. The summed E-state index contributed by atoms with van der Waals surface area (Å²) in [6, 6.07) is 12.0. The van der Waals surface area contributed by atoms with E-state index in [-0.39, 0.29) is 24.2 Å². The summed E-state index contributed by atoms with van der Waals surface area (Å²) in [4.78, 5) is 32.3. The van der Waals surface area contributed by atoms with Gasteiger partial charge < -0.3 is 29.5 Å². The minimum absolute atomic E-state index is 0.0221. The van der Waals surface area contributed by atoms with E-state index in [0.717, 1.165) is 49.5 Å². The average Bonchev–Trinajstić information content (AvgIpc) is 3.28. The van der Waals surface area contributed by atoms with Crippen LogP contribution in [0.3, 0.4) is 0 Å². The van der Waals surface area contributed by atoms with E-state index >= 15 is 0 Å². The lowest BCUT2D eigenvalue weighted by molar-refractivity contribution is -0.128. The molecule has 2 aromatic rings. The van der Waals surface area contributed by atoms with Crippen molar-refractivity contribution in [3.63, 3.8) is 0 Å².